The quantitative estimate of drug-likeness (QED) is 0.0863. The molecule has 0 saturated carbocycles. The molecule has 0 saturated heterocycles. The fourth-order valence-electron chi connectivity index (χ4n) is 10.6. The summed E-state index contributed by atoms with van der Waals surface area (Å²) in [6.45, 7) is 28.2. The average Bonchev–Trinajstić information content (AvgIpc) is 4.07. The van der Waals surface area contributed by atoms with Gasteiger partial charge in [-0.3, -0.25) is 4.79 Å². The Labute approximate surface area is 371 Å². The van der Waals surface area contributed by atoms with Crippen molar-refractivity contribution in [3.63, 3.8) is 0 Å². The molecule has 7 rings (SSSR count). The van der Waals surface area contributed by atoms with Crippen molar-refractivity contribution in [1.82, 2.24) is 19.9 Å². The number of hydrogen-bond donors (Lipinski definition) is 2. The van der Waals surface area contributed by atoms with Gasteiger partial charge in [-0.2, -0.15) is 0 Å². The molecule has 0 amide bonds. The summed E-state index contributed by atoms with van der Waals surface area (Å²) >= 11 is 0. The SMILES string of the molecule is CC(C)[Si](C#Cc1ccc(-c2c3nc(c(C=O)c4ccc([nH]4)c(-c4ccc(C#C[Si](C(C)C)(C(C)C)C(C)C)cc4)c4nc(cc5ccc2[nH]5)C=C4)C=C3)cc1)(C(C)C)C(C)C. The van der Waals surface area contributed by atoms with Crippen molar-refractivity contribution in [1.29, 1.82) is 0 Å². The van der Waals surface area contributed by atoms with Gasteiger partial charge in [0.1, 0.15) is 16.1 Å². The van der Waals surface area contributed by atoms with Crippen LogP contribution < -0.4 is 0 Å². The number of aromatic amines is 2. The van der Waals surface area contributed by atoms with Gasteiger partial charge in [-0.25, -0.2) is 9.97 Å². The molecule has 62 heavy (non-hydrogen) atoms. The Morgan fingerprint density at radius 3 is 1.39 bits per heavy atom. The number of H-pyrrole nitrogens is 2. The van der Waals surface area contributed by atoms with E-state index in [9.17, 15) is 4.79 Å². The molecule has 3 aromatic heterocycles. The average molecular weight is 851 g/mol. The summed E-state index contributed by atoms with van der Waals surface area (Å²) in [5, 5.41) is 0. The third kappa shape index (κ3) is 8.29. The van der Waals surface area contributed by atoms with Crippen molar-refractivity contribution >= 4 is 68.8 Å². The lowest BCUT2D eigenvalue weighted by molar-refractivity contribution is 0.112. The first-order valence-electron chi connectivity index (χ1n) is 22.4. The molecule has 0 radical (unpaired) electrons. The van der Waals surface area contributed by atoms with Crippen LogP contribution in [0.15, 0.2) is 78.9 Å². The Hall–Kier alpha value is -5.74. The number of rotatable bonds is 9. The van der Waals surface area contributed by atoms with Crippen molar-refractivity contribution in [3.8, 4) is 45.2 Å². The first kappa shape index (κ1) is 44.3. The van der Waals surface area contributed by atoms with Crippen LogP contribution in [-0.2, 0) is 0 Å². The van der Waals surface area contributed by atoms with Crippen LogP contribution in [0.2, 0.25) is 33.2 Å². The van der Waals surface area contributed by atoms with Gasteiger partial charge in [-0.15, -0.1) is 11.1 Å². The van der Waals surface area contributed by atoms with E-state index in [0.717, 1.165) is 73.3 Å². The normalized spacial score (nSPS) is 12.7. The van der Waals surface area contributed by atoms with Gasteiger partial charge in [0.05, 0.1) is 33.9 Å². The van der Waals surface area contributed by atoms with Gasteiger partial charge < -0.3 is 9.97 Å². The van der Waals surface area contributed by atoms with Crippen molar-refractivity contribution in [2.45, 2.75) is 116 Å². The van der Waals surface area contributed by atoms with Crippen molar-refractivity contribution in [2.75, 3.05) is 0 Å². The van der Waals surface area contributed by atoms with Crippen LogP contribution in [0.5, 0.6) is 0 Å². The molecule has 5 aromatic rings. The molecule has 7 heteroatoms. The van der Waals surface area contributed by atoms with Gasteiger partial charge in [0.15, 0.2) is 6.29 Å². The minimum Gasteiger partial charge on any atom is -0.355 e. The highest BCUT2D eigenvalue weighted by Gasteiger charge is 2.42. The minimum absolute atomic E-state index is 0.488. The standard InChI is InChI=1S/C55H62N4OSi2/c1-35(2)61(36(3)4,37(5)6)31-29-41-13-17-43(18-14-41)54-50-23-21-45(56-50)33-46-22-24-51(57-46)55(53-28-26-49(59-53)47(34-60)48-25-27-52(54)58-48)44-19-15-42(16-20-44)30-32-62(38(7)8,39(9)10)40(11)12/h13-28,33-40,56,59H,1-12H3. The topological polar surface area (TPSA) is 74.4 Å². The lowest BCUT2D eigenvalue weighted by Gasteiger charge is -2.38. The maximum absolute atomic E-state index is 13.0. The number of carbonyl (C=O) groups excluding carboxylic acids is 1. The number of nitrogens with zero attached hydrogens (tertiary/aromatic N) is 2. The Bertz CT molecular complexity index is 2710. The molecular formula is C55H62N4OSi2. The highest BCUT2D eigenvalue weighted by Crippen LogP contribution is 2.42. The van der Waals surface area contributed by atoms with Crippen LogP contribution in [0.1, 0.15) is 127 Å². The molecule has 2 aliphatic heterocycles. The van der Waals surface area contributed by atoms with Crippen LogP contribution in [0.3, 0.4) is 0 Å². The van der Waals surface area contributed by atoms with Crippen LogP contribution in [-0.4, -0.2) is 42.4 Å². The van der Waals surface area contributed by atoms with Crippen molar-refractivity contribution in [2.24, 2.45) is 0 Å². The maximum Gasteiger partial charge on any atom is 0.154 e. The van der Waals surface area contributed by atoms with E-state index in [1.54, 1.807) is 0 Å². The molecule has 5 heterocycles. The summed E-state index contributed by atoms with van der Waals surface area (Å²) in [5.74, 6) is 7.21. The third-order valence-electron chi connectivity index (χ3n) is 13.7. The Kier molecular flexibility index (Phi) is 12.8. The number of aldehydes is 1. The van der Waals surface area contributed by atoms with Gasteiger partial charge in [-0.1, -0.05) is 119 Å². The lowest BCUT2D eigenvalue weighted by Crippen LogP contribution is -2.43. The van der Waals surface area contributed by atoms with E-state index in [1.165, 1.54) is 0 Å². The van der Waals surface area contributed by atoms with Gasteiger partial charge in [-0.05, 0) is 123 Å². The van der Waals surface area contributed by atoms with E-state index >= 15 is 0 Å². The number of fused-ring (bicyclic) bond motifs is 8. The summed E-state index contributed by atoms with van der Waals surface area (Å²) in [6.07, 6.45) is 8.96. The zero-order chi connectivity index (χ0) is 44.5. The molecular weight excluding hydrogens is 789 g/mol. The van der Waals surface area contributed by atoms with E-state index in [2.05, 4.69) is 195 Å². The van der Waals surface area contributed by atoms with Gasteiger partial charge >= 0.3 is 0 Å². The Morgan fingerprint density at radius 1 is 0.484 bits per heavy atom. The fraction of sp³-hybridized carbons (Fsp3) is 0.327. The van der Waals surface area contributed by atoms with E-state index < -0.39 is 16.1 Å². The molecule has 5 nitrogen and oxygen atoms in total. The second-order valence-electron chi connectivity index (χ2n) is 19.0. The summed E-state index contributed by atoms with van der Waals surface area (Å²) in [6, 6.07) is 27.3. The van der Waals surface area contributed by atoms with E-state index in [4.69, 9.17) is 9.97 Å². The second kappa shape index (κ2) is 17.9. The molecule has 2 aliphatic rings. The molecule has 316 valence electrons. The molecule has 8 bridgehead atoms. The largest absolute Gasteiger partial charge is 0.355 e. The predicted octanol–water partition coefficient (Wildman–Crippen LogP) is 14.9. The van der Waals surface area contributed by atoms with Crippen molar-refractivity contribution < 1.29 is 4.79 Å². The third-order valence-corrected chi connectivity index (χ3v) is 26.2. The first-order valence-corrected chi connectivity index (χ1v) is 26.9. The lowest BCUT2D eigenvalue weighted by atomic mass is 10.0. The van der Waals surface area contributed by atoms with Crippen LogP contribution >= 0.6 is 0 Å². The molecule has 2 N–H and O–H groups in total. The summed E-state index contributed by atoms with van der Waals surface area (Å²) in [4.78, 5) is 30.5. The fourth-order valence-corrected chi connectivity index (χ4v) is 21.0. The van der Waals surface area contributed by atoms with Crippen LogP contribution in [0, 0.1) is 22.9 Å². The molecule has 0 atom stereocenters. The Morgan fingerprint density at radius 2 is 0.903 bits per heavy atom. The van der Waals surface area contributed by atoms with E-state index in [-0.39, 0.29) is 0 Å². The zero-order valence-electron chi connectivity index (χ0n) is 38.7. The number of hydrogen-bond acceptors (Lipinski definition) is 3. The van der Waals surface area contributed by atoms with Gasteiger partial charge in [0.2, 0.25) is 0 Å². The van der Waals surface area contributed by atoms with Gasteiger partial charge in [0, 0.05) is 38.8 Å². The minimum atomic E-state index is -1.88. The summed E-state index contributed by atoms with van der Waals surface area (Å²) < 4.78 is 0. The smallest absolute Gasteiger partial charge is 0.154 e. The Balaban J connectivity index is 1.37. The second-order valence-corrected chi connectivity index (χ2v) is 30.1. The molecule has 0 fully saturated rings. The predicted molar refractivity (Wildman–Crippen MR) is 271 cm³/mol. The highest BCUT2D eigenvalue weighted by molar-refractivity contribution is 6.91. The summed E-state index contributed by atoms with van der Waals surface area (Å²) in [5.41, 5.74) is 24.0. The number of benzene rings is 2. The molecule has 0 aliphatic carbocycles. The summed E-state index contributed by atoms with van der Waals surface area (Å²) in [7, 11) is -3.76. The van der Waals surface area contributed by atoms with E-state index in [1.807, 2.05) is 24.3 Å². The first-order chi connectivity index (χ1) is 29.6. The highest BCUT2D eigenvalue weighted by atomic mass is 28.3. The van der Waals surface area contributed by atoms with Gasteiger partial charge in [0.25, 0.3) is 0 Å². The zero-order valence-corrected chi connectivity index (χ0v) is 40.7. The number of nitrogens with one attached hydrogen (secondary N) is 2. The molecule has 2 aromatic carbocycles. The van der Waals surface area contributed by atoms with Crippen LogP contribution in [0.25, 0.3) is 68.6 Å². The molecule has 0 unspecified atom stereocenters. The monoisotopic (exact) mass is 850 g/mol. The van der Waals surface area contributed by atoms with E-state index in [0.29, 0.717) is 50.0 Å². The number of aromatic nitrogens is 4. The van der Waals surface area contributed by atoms with Crippen LogP contribution in [0.4, 0.5) is 0 Å². The number of carbonyl (C=O) groups is 1. The van der Waals surface area contributed by atoms with Crippen molar-refractivity contribution in [3.05, 3.63) is 118 Å². The molecule has 0 spiro atoms. The maximum atomic E-state index is 13.0.